The van der Waals surface area contributed by atoms with Gasteiger partial charge in [-0.1, -0.05) is 0 Å². The van der Waals surface area contributed by atoms with E-state index in [1.54, 1.807) is 11.8 Å². The molecule has 1 fully saturated rings. The summed E-state index contributed by atoms with van der Waals surface area (Å²) in [7, 11) is 0. The highest BCUT2D eigenvalue weighted by Crippen LogP contribution is 2.17. The van der Waals surface area contributed by atoms with Gasteiger partial charge in [-0.05, 0) is 0 Å². The Kier molecular flexibility index (Phi) is 1.97. The molecule has 0 aromatic rings. The van der Waals surface area contributed by atoms with E-state index in [0.29, 0.717) is 5.25 Å². The van der Waals surface area contributed by atoms with Crippen LogP contribution in [0.4, 0.5) is 0 Å². The number of hydrogen-bond acceptors (Lipinski definition) is 3. The predicted molar refractivity (Wildman–Crippen MR) is 29.3 cm³/mol. The summed E-state index contributed by atoms with van der Waals surface area (Å²) in [4.78, 5) is 0. The summed E-state index contributed by atoms with van der Waals surface area (Å²) in [5, 5.41) is 8.81. The molecule has 1 atom stereocenters. The maximum Gasteiger partial charge on any atom is 0.0925 e. The topological polar surface area (TPSA) is 29.5 Å². The fraction of sp³-hybridized carbons (Fsp3) is 1.00. The Morgan fingerprint density at radius 1 is 1.86 bits per heavy atom. The Balaban J connectivity index is 2.14. The molecule has 7 heavy (non-hydrogen) atoms. The van der Waals surface area contributed by atoms with Crippen molar-refractivity contribution in [3.8, 4) is 0 Å². The largest absolute Gasteiger partial charge is 0.395 e. The average Bonchev–Trinajstić information content (AvgIpc) is 2.14. The van der Waals surface area contributed by atoms with E-state index in [-0.39, 0.29) is 6.61 Å². The Bertz CT molecular complexity index is 51.7. The minimum Gasteiger partial charge on any atom is -0.395 e. The molecule has 0 amide bonds. The van der Waals surface area contributed by atoms with Crippen LogP contribution in [0, 0.1) is 0 Å². The normalized spacial score (nSPS) is 31.3. The first-order valence-corrected chi connectivity index (χ1v) is 3.28. The van der Waals surface area contributed by atoms with Crippen LogP contribution in [0.25, 0.3) is 0 Å². The van der Waals surface area contributed by atoms with Crippen LogP contribution in [0.2, 0.25) is 0 Å². The summed E-state index contributed by atoms with van der Waals surface area (Å²) in [6.07, 6.45) is 0. The first kappa shape index (κ1) is 5.41. The number of hydrogen-bond donors (Lipinski definition) is 1. The van der Waals surface area contributed by atoms with Gasteiger partial charge in [-0.15, -0.1) is 11.8 Å². The number of ether oxygens (including phenoxy) is 1. The molecule has 1 aliphatic rings. The van der Waals surface area contributed by atoms with Gasteiger partial charge >= 0.3 is 0 Å². The SMILES string of the molecule is OCC1COCS1. The Labute approximate surface area is 46.9 Å². The monoisotopic (exact) mass is 120 g/mol. The van der Waals surface area contributed by atoms with Gasteiger partial charge in [-0.25, -0.2) is 0 Å². The molecule has 0 aliphatic carbocycles. The smallest absolute Gasteiger partial charge is 0.0925 e. The van der Waals surface area contributed by atoms with E-state index < -0.39 is 0 Å². The van der Waals surface area contributed by atoms with Crippen molar-refractivity contribution in [2.24, 2.45) is 0 Å². The zero-order chi connectivity index (χ0) is 5.11. The molecule has 0 saturated carbocycles. The summed E-state index contributed by atoms with van der Waals surface area (Å²) < 4.78 is 4.95. The number of aliphatic hydroxyl groups excluding tert-OH is 1. The second kappa shape index (κ2) is 2.55. The number of rotatable bonds is 1. The van der Waals surface area contributed by atoms with Gasteiger partial charge in [0.2, 0.25) is 0 Å². The zero-order valence-corrected chi connectivity index (χ0v) is 4.78. The van der Waals surface area contributed by atoms with Crippen LogP contribution in [0.5, 0.6) is 0 Å². The molecule has 2 nitrogen and oxygen atoms in total. The second-order valence-electron chi connectivity index (χ2n) is 1.46. The van der Waals surface area contributed by atoms with Crippen molar-refractivity contribution in [2.45, 2.75) is 5.25 Å². The first-order valence-electron chi connectivity index (χ1n) is 2.23. The van der Waals surface area contributed by atoms with Crippen molar-refractivity contribution >= 4 is 11.8 Å². The lowest BCUT2D eigenvalue weighted by atomic mass is 10.5. The van der Waals surface area contributed by atoms with E-state index in [9.17, 15) is 0 Å². The lowest BCUT2D eigenvalue weighted by Crippen LogP contribution is -2.07. The Morgan fingerprint density at radius 3 is 3.00 bits per heavy atom. The van der Waals surface area contributed by atoms with Gasteiger partial charge in [-0.2, -0.15) is 0 Å². The molecular formula is C4H8O2S. The third-order valence-electron chi connectivity index (χ3n) is 0.894. The van der Waals surface area contributed by atoms with E-state index in [4.69, 9.17) is 9.84 Å². The summed E-state index contributed by atoms with van der Waals surface area (Å²) in [6.45, 7) is 0.978. The van der Waals surface area contributed by atoms with Crippen LogP contribution in [0.15, 0.2) is 0 Å². The van der Waals surface area contributed by atoms with E-state index in [0.717, 1.165) is 12.5 Å². The molecule has 1 aliphatic heterocycles. The van der Waals surface area contributed by atoms with Crippen molar-refractivity contribution in [1.82, 2.24) is 0 Å². The Morgan fingerprint density at radius 2 is 2.71 bits per heavy atom. The molecule has 1 heterocycles. The molecule has 1 saturated heterocycles. The summed E-state index contributed by atoms with van der Waals surface area (Å²) in [6, 6.07) is 0. The standard InChI is InChI=1S/C4H8O2S/c5-1-4-2-6-3-7-4/h4-5H,1-3H2. The van der Waals surface area contributed by atoms with Crippen LogP contribution in [-0.4, -0.2) is 29.5 Å². The molecule has 0 radical (unpaired) electrons. The van der Waals surface area contributed by atoms with E-state index in [2.05, 4.69) is 0 Å². The minimum atomic E-state index is 0.255. The van der Waals surface area contributed by atoms with Crippen molar-refractivity contribution in [1.29, 1.82) is 0 Å². The van der Waals surface area contributed by atoms with Gasteiger partial charge in [0.25, 0.3) is 0 Å². The summed E-state index contributed by atoms with van der Waals surface area (Å²) >= 11 is 1.67. The number of aliphatic hydroxyl groups is 1. The fourth-order valence-corrected chi connectivity index (χ4v) is 1.16. The molecule has 0 aromatic carbocycles. The third kappa shape index (κ3) is 1.33. The highest BCUT2D eigenvalue weighted by Gasteiger charge is 2.13. The van der Waals surface area contributed by atoms with Gasteiger partial charge in [0.15, 0.2) is 0 Å². The van der Waals surface area contributed by atoms with Gasteiger partial charge in [0.05, 0.1) is 24.4 Å². The van der Waals surface area contributed by atoms with E-state index in [1.165, 1.54) is 0 Å². The lowest BCUT2D eigenvalue weighted by molar-refractivity contribution is 0.180. The van der Waals surface area contributed by atoms with Crippen molar-refractivity contribution in [2.75, 3.05) is 19.2 Å². The summed E-state index contributed by atoms with van der Waals surface area (Å²) in [5.41, 5.74) is 0. The highest BCUT2D eigenvalue weighted by atomic mass is 32.2. The van der Waals surface area contributed by atoms with Crippen LogP contribution in [-0.2, 0) is 4.74 Å². The van der Waals surface area contributed by atoms with Gasteiger partial charge in [0, 0.05) is 0 Å². The Hall–Kier alpha value is 0.270. The molecule has 1 rings (SSSR count). The molecule has 3 heteroatoms. The van der Waals surface area contributed by atoms with Crippen molar-refractivity contribution in [3.05, 3.63) is 0 Å². The minimum absolute atomic E-state index is 0.255. The van der Waals surface area contributed by atoms with Gasteiger partial charge < -0.3 is 9.84 Å². The average molecular weight is 120 g/mol. The van der Waals surface area contributed by atoms with Gasteiger partial charge in [-0.3, -0.25) is 0 Å². The predicted octanol–water partition coefficient (Wildman–Crippen LogP) is 0.0682. The van der Waals surface area contributed by atoms with Crippen LogP contribution >= 0.6 is 11.8 Å². The van der Waals surface area contributed by atoms with Gasteiger partial charge in [0.1, 0.15) is 0 Å². The second-order valence-corrected chi connectivity index (χ2v) is 2.70. The van der Waals surface area contributed by atoms with E-state index >= 15 is 0 Å². The van der Waals surface area contributed by atoms with Crippen LogP contribution < -0.4 is 0 Å². The molecule has 42 valence electrons. The van der Waals surface area contributed by atoms with Crippen molar-refractivity contribution < 1.29 is 9.84 Å². The molecule has 1 unspecified atom stereocenters. The first-order chi connectivity index (χ1) is 3.43. The zero-order valence-electron chi connectivity index (χ0n) is 3.96. The fourth-order valence-electron chi connectivity index (χ4n) is 0.477. The molecule has 1 N–H and O–H groups in total. The quantitative estimate of drug-likeness (QED) is 0.531. The third-order valence-corrected chi connectivity index (χ3v) is 1.95. The maximum absolute atomic E-state index is 8.47. The molecule has 0 spiro atoms. The molecular weight excluding hydrogens is 112 g/mol. The van der Waals surface area contributed by atoms with Crippen LogP contribution in [0.1, 0.15) is 0 Å². The van der Waals surface area contributed by atoms with E-state index in [1.807, 2.05) is 0 Å². The molecule has 0 aromatic heterocycles. The van der Waals surface area contributed by atoms with Crippen molar-refractivity contribution in [3.63, 3.8) is 0 Å². The number of thioether (sulfide) groups is 1. The highest BCUT2D eigenvalue weighted by molar-refractivity contribution is 8.00. The lowest BCUT2D eigenvalue weighted by Gasteiger charge is -1.96. The molecule has 0 bridgehead atoms. The summed E-state index contributed by atoms with van der Waals surface area (Å²) in [5.74, 6) is 0.755. The van der Waals surface area contributed by atoms with Crippen LogP contribution in [0.3, 0.4) is 0 Å². The maximum atomic E-state index is 8.47.